The summed E-state index contributed by atoms with van der Waals surface area (Å²) in [6.45, 7) is 17.7. The maximum absolute atomic E-state index is 13.9. The fourth-order valence-electron chi connectivity index (χ4n) is 11.1. The van der Waals surface area contributed by atoms with E-state index < -0.39 is 66.4 Å². The highest BCUT2D eigenvalue weighted by molar-refractivity contribution is 7.80. The lowest BCUT2D eigenvalue weighted by Crippen LogP contribution is -2.56. The number of carbonyl (C=O) groups excluding carboxylic acids is 8. The number of hydrogen-bond donors (Lipinski definition) is 22. The summed E-state index contributed by atoms with van der Waals surface area (Å²) in [6, 6.07) is 8.73. The van der Waals surface area contributed by atoms with Crippen LogP contribution in [0.3, 0.4) is 0 Å². The van der Waals surface area contributed by atoms with Gasteiger partial charge in [0.25, 0.3) is 0 Å². The third-order valence-electron chi connectivity index (χ3n) is 17.0. The molecule has 4 aromatic rings. The molecular weight excluding hydrogens is 1280 g/mol. The van der Waals surface area contributed by atoms with Gasteiger partial charge in [0.05, 0.1) is 24.2 Å². The summed E-state index contributed by atoms with van der Waals surface area (Å²) >= 11 is 5.62. The monoisotopic (exact) mass is 1400 g/mol. The smallest absolute Gasteiger partial charge is 0.315 e. The minimum atomic E-state index is -0.609. The summed E-state index contributed by atoms with van der Waals surface area (Å²) in [4.78, 5) is 113. The fraction of sp³-hybridized carbons (Fsp3) is 0.632. The number of H-pyrrole nitrogens is 2. The van der Waals surface area contributed by atoms with Gasteiger partial charge in [-0.05, 0) is 145 Å². The average Bonchev–Trinajstić information content (AvgIpc) is 1.73. The van der Waals surface area contributed by atoms with E-state index in [9.17, 15) is 38.4 Å². The molecule has 26 N–H and O–H groups in total. The lowest BCUT2D eigenvalue weighted by atomic mass is 9.99. The Balaban J connectivity index is 1.37. The molecule has 15 amide bonds. The molecule has 0 unspecified atom stereocenters. The quantitative estimate of drug-likeness (QED) is 0.0220. The van der Waals surface area contributed by atoms with Crippen LogP contribution in [-0.2, 0) is 17.6 Å². The van der Waals surface area contributed by atoms with Gasteiger partial charge in [-0.2, -0.15) is 0 Å². The summed E-state index contributed by atoms with van der Waals surface area (Å²) in [5.41, 5.74) is 26.6. The van der Waals surface area contributed by atoms with Crippen molar-refractivity contribution in [3.63, 3.8) is 0 Å². The molecule has 0 aliphatic heterocycles. The largest absolute Gasteiger partial charge is 0.370 e. The van der Waals surface area contributed by atoms with Crippen LogP contribution in [0.5, 0.6) is 0 Å². The molecule has 0 radical (unpaired) electrons. The van der Waals surface area contributed by atoms with Crippen molar-refractivity contribution in [3.05, 3.63) is 72.1 Å². The number of hydrogen-bond acceptors (Lipinski definition) is 12. The van der Waals surface area contributed by atoms with E-state index in [0.717, 1.165) is 45.8 Å². The minimum absolute atomic E-state index is 0.0186. The SMILES string of the molecule is CC(C)NC(=O)N[C@H](CNC(=O)N[C@@H](CCCCN)CNC(=O)N[C@H](CNC(=O)N[C@H](CNC(=O)N[C@@H](CCCCN)CNC(=O)N[C@H](CNC(=O)N[C@@H](CCCCN)CNC(=S)N[C@H](CCC(N)=O)C(C)C)Cc1c[nH]c2ccccc12)C(C)C)Cc1c[nH]c2ccccc12)C(C)C. The Bertz CT molecular complexity index is 3090. The number of thiocarbonyl (C=S) groups is 1. The molecule has 0 aliphatic rings. The molecule has 0 bridgehead atoms. The topological polar surface area (TPSA) is 465 Å². The Kier molecular flexibility index (Phi) is 38.4. The van der Waals surface area contributed by atoms with Crippen LogP contribution >= 0.6 is 12.2 Å². The third-order valence-corrected chi connectivity index (χ3v) is 17.2. The Morgan fingerprint density at radius 2 is 0.717 bits per heavy atom. The van der Waals surface area contributed by atoms with Gasteiger partial charge in [0.1, 0.15) is 0 Å². The van der Waals surface area contributed by atoms with Crippen molar-refractivity contribution in [2.24, 2.45) is 40.7 Å². The third kappa shape index (κ3) is 33.7. The van der Waals surface area contributed by atoms with Crippen LogP contribution in [0.2, 0.25) is 0 Å². The van der Waals surface area contributed by atoms with Gasteiger partial charge in [-0.15, -0.1) is 0 Å². The highest BCUT2D eigenvalue weighted by Crippen LogP contribution is 2.21. The number of urea groups is 7. The van der Waals surface area contributed by atoms with E-state index in [1.54, 1.807) is 0 Å². The van der Waals surface area contributed by atoms with Crippen molar-refractivity contribution in [1.29, 1.82) is 0 Å². The second kappa shape index (κ2) is 45.9. The standard InChI is InChI=1S/C68H118N22O8S/c1-42(2)55(26-27-60(72)91)90-68(99)81-37-50(21-15-18-30-71)85-61(92)77-38-51(31-46-33-73-56-24-11-9-22-53(46)56)86-62(93)75-35-48(19-13-16-28-69)83-64(95)79-40-58(43(3)4)88-66(97)78-39-52(32-47-34-74-57-25-12-10-23-54(47)57)87-63(94)76-36-49(20-14-17-29-70)84-65(96)80-41-59(44(5)6)89-67(98)82-45(7)8/h9-12,22-25,33-34,42-45,48-52,55,58-59,73-74H,13-21,26-32,35-41,69-71H2,1-8H3,(H2,72,91)(H2,75,86,93)(H2,76,87,94)(H2,77,85,92)(H2,78,88,97)(H2,79,83,95)(H2,80,84,96)(H2,81,90,99)(H2,82,89,98)/t48-,49-,50-,51-,52-,55+,58+,59+/m0/s1. The summed E-state index contributed by atoms with van der Waals surface area (Å²) in [7, 11) is 0. The van der Waals surface area contributed by atoms with Crippen molar-refractivity contribution in [2.45, 2.75) is 193 Å². The number of benzene rings is 2. The van der Waals surface area contributed by atoms with Gasteiger partial charge in [0, 0.05) is 117 Å². The van der Waals surface area contributed by atoms with Crippen LogP contribution < -0.4 is 108 Å². The normalized spacial score (nSPS) is 13.8. The number of primary amides is 1. The lowest BCUT2D eigenvalue weighted by molar-refractivity contribution is -0.118. The van der Waals surface area contributed by atoms with Gasteiger partial charge >= 0.3 is 42.2 Å². The first kappa shape index (κ1) is 82.9. The highest BCUT2D eigenvalue weighted by Gasteiger charge is 2.26. The first-order valence-corrected chi connectivity index (χ1v) is 35.6. The Labute approximate surface area is 589 Å². The molecule has 99 heavy (non-hydrogen) atoms. The number of nitrogens with two attached hydrogens (primary N) is 4. The summed E-state index contributed by atoms with van der Waals surface area (Å²) in [5.74, 6) is -0.330. The van der Waals surface area contributed by atoms with Crippen LogP contribution in [0.1, 0.15) is 137 Å². The van der Waals surface area contributed by atoms with Gasteiger partial charge < -0.3 is 118 Å². The van der Waals surface area contributed by atoms with Crippen LogP contribution in [0, 0.1) is 17.8 Å². The average molecular weight is 1400 g/mol. The van der Waals surface area contributed by atoms with Gasteiger partial charge in [-0.3, -0.25) is 4.79 Å². The molecule has 554 valence electrons. The van der Waals surface area contributed by atoms with Crippen LogP contribution in [-0.4, -0.2) is 183 Å². The fourth-order valence-corrected chi connectivity index (χ4v) is 11.4. The number of aromatic nitrogens is 2. The molecule has 2 aromatic carbocycles. The first-order valence-electron chi connectivity index (χ1n) is 35.2. The predicted molar refractivity (Wildman–Crippen MR) is 396 cm³/mol. The molecule has 0 spiro atoms. The molecular formula is C68H118N22O8S. The Hall–Kier alpha value is -8.55. The van der Waals surface area contributed by atoms with Crippen LogP contribution in [0.25, 0.3) is 21.8 Å². The predicted octanol–water partition coefficient (Wildman–Crippen LogP) is 3.97. The van der Waals surface area contributed by atoms with Crippen molar-refractivity contribution in [1.82, 2.24) is 95.0 Å². The van der Waals surface area contributed by atoms with E-state index in [1.807, 2.05) is 116 Å². The van der Waals surface area contributed by atoms with E-state index in [-0.39, 0.29) is 99.5 Å². The van der Waals surface area contributed by atoms with Crippen molar-refractivity contribution >= 4 is 87.3 Å². The van der Waals surface area contributed by atoms with Gasteiger partial charge in [0.2, 0.25) is 5.91 Å². The molecule has 2 aromatic heterocycles. The number of para-hydroxylation sites is 2. The number of amides is 15. The molecule has 4 rings (SSSR count). The van der Waals surface area contributed by atoms with Crippen LogP contribution in [0.15, 0.2) is 60.9 Å². The van der Waals surface area contributed by atoms with E-state index in [4.69, 9.17) is 35.2 Å². The maximum Gasteiger partial charge on any atom is 0.315 e. The summed E-state index contributed by atoms with van der Waals surface area (Å²) in [5, 5.41) is 50.1. The molecule has 0 saturated heterocycles. The van der Waals surface area contributed by atoms with E-state index >= 15 is 0 Å². The van der Waals surface area contributed by atoms with E-state index in [0.29, 0.717) is 95.5 Å². The molecule has 0 saturated carbocycles. The van der Waals surface area contributed by atoms with Gasteiger partial charge in [-0.25, -0.2) is 33.6 Å². The number of fused-ring (bicyclic) bond motifs is 2. The zero-order valence-electron chi connectivity index (χ0n) is 59.4. The van der Waals surface area contributed by atoms with Gasteiger partial charge in [0.15, 0.2) is 5.11 Å². The number of rotatable bonds is 45. The van der Waals surface area contributed by atoms with Crippen molar-refractivity contribution < 1.29 is 38.4 Å². The minimum Gasteiger partial charge on any atom is -0.370 e. The molecule has 2 heterocycles. The highest BCUT2D eigenvalue weighted by atomic mass is 32.1. The van der Waals surface area contributed by atoms with E-state index in [1.165, 1.54) is 0 Å². The number of aromatic amines is 2. The molecule has 31 heteroatoms. The Morgan fingerprint density at radius 3 is 1.08 bits per heavy atom. The summed E-state index contributed by atoms with van der Waals surface area (Å²) < 4.78 is 0. The molecule has 8 atom stereocenters. The number of nitrogens with one attached hydrogen (secondary N) is 18. The number of unbranched alkanes of at least 4 members (excludes halogenated alkanes) is 3. The molecule has 0 aliphatic carbocycles. The van der Waals surface area contributed by atoms with E-state index in [2.05, 4.69) is 95.0 Å². The maximum atomic E-state index is 13.9. The molecule has 0 fully saturated rings. The van der Waals surface area contributed by atoms with Crippen LogP contribution in [0.4, 0.5) is 33.6 Å². The van der Waals surface area contributed by atoms with Gasteiger partial charge in [-0.1, -0.05) is 97.2 Å². The second-order valence-electron chi connectivity index (χ2n) is 26.8. The Morgan fingerprint density at radius 1 is 0.384 bits per heavy atom. The van der Waals surface area contributed by atoms with Crippen molar-refractivity contribution in [3.8, 4) is 0 Å². The zero-order chi connectivity index (χ0) is 72.7. The first-order chi connectivity index (χ1) is 47.4. The molecule has 30 nitrogen and oxygen atoms in total. The second-order valence-corrected chi connectivity index (χ2v) is 27.2. The number of carbonyl (C=O) groups is 8. The zero-order valence-corrected chi connectivity index (χ0v) is 60.3. The van der Waals surface area contributed by atoms with Crippen molar-refractivity contribution in [2.75, 3.05) is 65.4 Å². The summed E-state index contributed by atoms with van der Waals surface area (Å²) in [6.07, 6.45) is 11.1. The lowest BCUT2D eigenvalue weighted by Gasteiger charge is -2.26.